The molecule has 0 spiro atoms. The summed E-state index contributed by atoms with van der Waals surface area (Å²) in [4.78, 5) is 50.8. The molecule has 1 saturated heterocycles. The van der Waals surface area contributed by atoms with E-state index < -0.39 is 29.6 Å². The molecule has 1 aliphatic heterocycles. The summed E-state index contributed by atoms with van der Waals surface area (Å²) in [7, 11) is 1.22. The van der Waals surface area contributed by atoms with E-state index in [-0.39, 0.29) is 21.2 Å². The van der Waals surface area contributed by atoms with Crippen LogP contribution in [0.1, 0.15) is 20.8 Å². The minimum atomic E-state index is -0.647. The van der Waals surface area contributed by atoms with Crippen molar-refractivity contribution in [3.05, 3.63) is 55.6 Å². The first-order valence-corrected chi connectivity index (χ1v) is 10.3. The van der Waals surface area contributed by atoms with Gasteiger partial charge in [0.2, 0.25) is 5.91 Å². The Balaban J connectivity index is 1.70. The van der Waals surface area contributed by atoms with Gasteiger partial charge in [-0.3, -0.25) is 19.3 Å². The van der Waals surface area contributed by atoms with Gasteiger partial charge in [0.1, 0.15) is 6.54 Å². The van der Waals surface area contributed by atoms with Gasteiger partial charge in [0, 0.05) is 10.6 Å². The maximum atomic E-state index is 12.5. The molecule has 29 heavy (non-hydrogen) atoms. The number of ether oxygens (including phenoxy) is 1. The van der Waals surface area contributed by atoms with Gasteiger partial charge >= 0.3 is 5.97 Å². The Labute approximate surface area is 179 Å². The normalized spacial score (nSPS) is 15.1. The number of hydrogen-bond acceptors (Lipinski definition) is 7. The number of carbonyl (C=O) groups excluding carboxylic acids is 4. The zero-order valence-electron chi connectivity index (χ0n) is 15.4. The van der Waals surface area contributed by atoms with E-state index in [0.29, 0.717) is 0 Å². The highest BCUT2D eigenvalue weighted by Crippen LogP contribution is 2.33. The van der Waals surface area contributed by atoms with E-state index in [1.54, 1.807) is 6.08 Å². The minimum absolute atomic E-state index is 0.0902. The van der Waals surface area contributed by atoms with Crippen LogP contribution in [-0.4, -0.2) is 41.6 Å². The lowest BCUT2D eigenvalue weighted by Crippen LogP contribution is -2.36. The van der Waals surface area contributed by atoms with Crippen molar-refractivity contribution in [1.29, 1.82) is 0 Å². The Morgan fingerprint density at radius 2 is 2.03 bits per heavy atom. The van der Waals surface area contributed by atoms with Gasteiger partial charge < -0.3 is 10.1 Å². The van der Waals surface area contributed by atoms with Crippen molar-refractivity contribution >= 4 is 69.5 Å². The van der Waals surface area contributed by atoms with Gasteiger partial charge in [0.15, 0.2) is 0 Å². The van der Waals surface area contributed by atoms with Gasteiger partial charge in [-0.2, -0.15) is 0 Å². The van der Waals surface area contributed by atoms with E-state index in [9.17, 15) is 19.2 Å². The Morgan fingerprint density at radius 3 is 2.69 bits per heavy atom. The van der Waals surface area contributed by atoms with Crippen LogP contribution in [0.3, 0.4) is 0 Å². The number of nitrogens with one attached hydrogen (secondary N) is 1. The van der Waals surface area contributed by atoms with Gasteiger partial charge in [-0.1, -0.05) is 11.6 Å². The number of methoxy groups -OCH3 is 1. The first-order chi connectivity index (χ1) is 13.8. The molecule has 1 aromatic carbocycles. The van der Waals surface area contributed by atoms with Gasteiger partial charge in [-0.05, 0) is 60.0 Å². The van der Waals surface area contributed by atoms with Crippen LogP contribution in [0.2, 0.25) is 5.02 Å². The summed E-state index contributed by atoms with van der Waals surface area (Å²) in [5, 5.41) is 4.10. The quantitative estimate of drug-likeness (QED) is 0.542. The van der Waals surface area contributed by atoms with Crippen LogP contribution >= 0.6 is 34.7 Å². The molecule has 7 nitrogen and oxygen atoms in total. The number of esters is 1. The molecular weight excluding hydrogens is 436 g/mol. The number of anilines is 1. The van der Waals surface area contributed by atoms with Crippen molar-refractivity contribution in [3.8, 4) is 0 Å². The highest BCUT2D eigenvalue weighted by molar-refractivity contribution is 8.18. The van der Waals surface area contributed by atoms with Crippen LogP contribution in [0.15, 0.2) is 34.6 Å². The average Bonchev–Trinajstić information content (AvgIpc) is 3.20. The maximum Gasteiger partial charge on any atom is 0.339 e. The molecule has 150 valence electrons. The molecule has 0 aliphatic carbocycles. The fourth-order valence-corrected chi connectivity index (χ4v) is 4.45. The first-order valence-electron chi connectivity index (χ1n) is 8.27. The Bertz CT molecular complexity index is 1050. The van der Waals surface area contributed by atoms with Crippen molar-refractivity contribution in [2.24, 2.45) is 0 Å². The van der Waals surface area contributed by atoms with Gasteiger partial charge in [0.05, 0.1) is 22.6 Å². The maximum absolute atomic E-state index is 12.5. The van der Waals surface area contributed by atoms with Crippen LogP contribution in [0.4, 0.5) is 10.5 Å². The number of hydrogen-bond donors (Lipinski definition) is 1. The van der Waals surface area contributed by atoms with E-state index in [2.05, 4.69) is 10.1 Å². The number of thioether (sulfide) groups is 1. The monoisotopic (exact) mass is 450 g/mol. The van der Waals surface area contributed by atoms with Gasteiger partial charge in [0.25, 0.3) is 11.1 Å². The van der Waals surface area contributed by atoms with Gasteiger partial charge in [-0.15, -0.1) is 11.3 Å². The van der Waals surface area contributed by atoms with E-state index in [4.69, 9.17) is 11.6 Å². The molecule has 3 amide bonds. The number of halogens is 1. The number of aryl methyl sites for hydroxylation is 1. The fourth-order valence-electron chi connectivity index (χ4n) is 2.50. The predicted molar refractivity (Wildman–Crippen MR) is 113 cm³/mol. The van der Waals surface area contributed by atoms with Crippen LogP contribution in [-0.2, 0) is 14.3 Å². The van der Waals surface area contributed by atoms with Crippen LogP contribution in [0, 0.1) is 6.92 Å². The zero-order valence-corrected chi connectivity index (χ0v) is 17.7. The molecular formula is C19H15ClN2O5S2. The summed E-state index contributed by atoms with van der Waals surface area (Å²) < 4.78 is 4.63. The fraction of sp³-hybridized carbons (Fsp3) is 0.158. The number of benzene rings is 1. The number of carbonyl (C=O) groups is 4. The summed E-state index contributed by atoms with van der Waals surface area (Å²) in [6.07, 6.45) is 1.66. The topological polar surface area (TPSA) is 92.8 Å². The van der Waals surface area contributed by atoms with Crippen molar-refractivity contribution in [3.63, 3.8) is 0 Å². The molecule has 2 aromatic rings. The predicted octanol–water partition coefficient (Wildman–Crippen LogP) is 4.17. The van der Waals surface area contributed by atoms with E-state index in [0.717, 1.165) is 27.1 Å². The third-order valence-corrected chi connectivity index (χ3v) is 6.20. The molecule has 1 aliphatic rings. The SMILES string of the molecule is COC(=O)c1cc(NC(=O)CN2C(=O)S/C(=C/c3sccc3C)C2=O)ccc1Cl. The lowest BCUT2D eigenvalue weighted by Gasteiger charge is -2.13. The molecule has 1 aromatic heterocycles. The number of thiophene rings is 1. The van der Waals surface area contributed by atoms with Crippen molar-refractivity contribution in [2.45, 2.75) is 6.92 Å². The lowest BCUT2D eigenvalue weighted by atomic mass is 10.2. The second kappa shape index (κ2) is 8.81. The molecule has 0 atom stereocenters. The Morgan fingerprint density at radius 1 is 1.28 bits per heavy atom. The molecule has 1 fully saturated rings. The summed E-state index contributed by atoms with van der Waals surface area (Å²) in [6, 6.07) is 6.22. The van der Waals surface area contributed by atoms with Crippen molar-refractivity contribution in [1.82, 2.24) is 4.90 Å². The second-order valence-corrected chi connectivity index (χ2v) is 8.32. The molecule has 3 rings (SSSR count). The minimum Gasteiger partial charge on any atom is -0.465 e. The average molecular weight is 451 g/mol. The molecule has 0 unspecified atom stereocenters. The molecule has 0 saturated carbocycles. The highest BCUT2D eigenvalue weighted by Gasteiger charge is 2.36. The third-order valence-electron chi connectivity index (χ3n) is 3.99. The van der Waals surface area contributed by atoms with E-state index >= 15 is 0 Å². The summed E-state index contributed by atoms with van der Waals surface area (Å²) in [5.41, 5.74) is 1.38. The number of nitrogens with zero attached hydrogens (tertiary/aromatic N) is 1. The van der Waals surface area contributed by atoms with Crippen molar-refractivity contribution in [2.75, 3.05) is 19.0 Å². The van der Waals surface area contributed by atoms with Crippen LogP contribution in [0.5, 0.6) is 0 Å². The second-order valence-electron chi connectivity index (χ2n) is 5.97. The summed E-state index contributed by atoms with van der Waals surface area (Å²) in [5.74, 6) is -1.75. The summed E-state index contributed by atoms with van der Waals surface area (Å²) in [6.45, 7) is 1.47. The Hall–Kier alpha value is -2.62. The molecule has 2 heterocycles. The zero-order chi connectivity index (χ0) is 21.1. The smallest absolute Gasteiger partial charge is 0.339 e. The molecule has 10 heteroatoms. The largest absolute Gasteiger partial charge is 0.465 e. The Kier molecular flexibility index (Phi) is 6.41. The first kappa shape index (κ1) is 21.1. The third kappa shape index (κ3) is 4.69. The number of rotatable bonds is 5. The molecule has 1 N–H and O–H groups in total. The number of imide groups is 1. The van der Waals surface area contributed by atoms with Crippen LogP contribution < -0.4 is 5.32 Å². The standard InChI is InChI=1S/C19H15ClN2O5S2/c1-10-5-6-28-14(10)8-15-17(24)22(19(26)29-15)9-16(23)21-11-3-4-13(20)12(7-11)18(25)27-2/h3-8H,9H2,1-2H3,(H,21,23)/b15-8+. The van der Waals surface area contributed by atoms with Crippen molar-refractivity contribution < 1.29 is 23.9 Å². The van der Waals surface area contributed by atoms with Gasteiger partial charge in [-0.25, -0.2) is 4.79 Å². The molecule has 0 radical (unpaired) electrons. The van der Waals surface area contributed by atoms with E-state index in [1.807, 2.05) is 18.4 Å². The highest BCUT2D eigenvalue weighted by atomic mass is 35.5. The van der Waals surface area contributed by atoms with E-state index in [1.165, 1.54) is 36.6 Å². The lowest BCUT2D eigenvalue weighted by molar-refractivity contribution is -0.127. The summed E-state index contributed by atoms with van der Waals surface area (Å²) >= 11 is 8.21. The molecule has 0 bridgehead atoms. The van der Waals surface area contributed by atoms with Crippen LogP contribution in [0.25, 0.3) is 6.08 Å². The number of amides is 3.